The van der Waals surface area contributed by atoms with Gasteiger partial charge in [0.25, 0.3) is 0 Å². The minimum absolute atomic E-state index is 0.0417. The molecule has 1 aliphatic carbocycles. The Morgan fingerprint density at radius 3 is 2.10 bits per heavy atom. The second kappa shape index (κ2) is 8.74. The van der Waals surface area contributed by atoms with Gasteiger partial charge in [-0.25, -0.2) is 9.59 Å². The zero-order valence-electron chi connectivity index (χ0n) is 18.0. The molecule has 2 aromatic rings. The molecule has 3 rings (SSSR count). The summed E-state index contributed by atoms with van der Waals surface area (Å²) >= 11 is 0. The zero-order valence-corrected chi connectivity index (χ0v) is 18.0. The van der Waals surface area contributed by atoms with Gasteiger partial charge in [-0.15, -0.1) is 6.58 Å². The molecule has 1 N–H and O–H groups in total. The van der Waals surface area contributed by atoms with E-state index in [0.717, 1.165) is 22.3 Å². The van der Waals surface area contributed by atoms with E-state index in [1.807, 2.05) is 24.3 Å². The summed E-state index contributed by atoms with van der Waals surface area (Å²) in [4.78, 5) is 25.1. The molecule has 0 fully saturated rings. The van der Waals surface area contributed by atoms with Crippen molar-refractivity contribution in [3.05, 3.63) is 72.3 Å². The molecule has 0 aromatic heterocycles. The lowest BCUT2D eigenvalue weighted by atomic mass is 9.98. The van der Waals surface area contributed by atoms with Crippen molar-refractivity contribution < 1.29 is 19.1 Å². The Kier molecular flexibility index (Phi) is 6.30. The van der Waals surface area contributed by atoms with Crippen molar-refractivity contribution in [3.8, 4) is 11.1 Å². The van der Waals surface area contributed by atoms with Crippen LogP contribution >= 0.6 is 0 Å². The van der Waals surface area contributed by atoms with Gasteiger partial charge in [0.15, 0.2) is 0 Å². The van der Waals surface area contributed by atoms with E-state index in [1.54, 1.807) is 33.8 Å². The monoisotopic (exact) mass is 407 g/mol. The molecule has 0 saturated carbocycles. The highest BCUT2D eigenvalue weighted by Gasteiger charge is 2.32. The maximum Gasteiger partial charge on any atom is 0.407 e. The van der Waals surface area contributed by atoms with Crippen LogP contribution in [0.15, 0.2) is 61.2 Å². The standard InChI is InChI=1S/C25H29NO4/c1-6-16(2)22(23(27)30-25(3,4)5)26-24(28)29-15-21-19-13-9-7-11-17(19)18-12-8-10-14-20(18)21/h6-14,16,21-22H,1,15H2,2-5H3,(H,26,28)/t16-,22-/m1/s1. The van der Waals surface area contributed by atoms with Gasteiger partial charge in [-0.1, -0.05) is 61.5 Å². The van der Waals surface area contributed by atoms with Crippen molar-refractivity contribution in [1.29, 1.82) is 0 Å². The van der Waals surface area contributed by atoms with Gasteiger partial charge in [0.2, 0.25) is 0 Å². The van der Waals surface area contributed by atoms with Crippen LogP contribution in [0.5, 0.6) is 0 Å². The summed E-state index contributed by atoms with van der Waals surface area (Å²) < 4.78 is 11.0. The number of alkyl carbamates (subject to hydrolysis) is 1. The van der Waals surface area contributed by atoms with Gasteiger partial charge in [0.05, 0.1) is 0 Å². The molecular formula is C25H29NO4. The number of ether oxygens (including phenoxy) is 2. The summed E-state index contributed by atoms with van der Waals surface area (Å²) in [6, 6.07) is 15.4. The Bertz CT molecular complexity index is 899. The van der Waals surface area contributed by atoms with Crippen molar-refractivity contribution in [3.63, 3.8) is 0 Å². The van der Waals surface area contributed by atoms with Crippen LogP contribution in [0.1, 0.15) is 44.7 Å². The molecule has 0 aliphatic heterocycles. The molecule has 30 heavy (non-hydrogen) atoms. The average Bonchev–Trinajstić information content (AvgIpc) is 3.02. The van der Waals surface area contributed by atoms with Crippen LogP contribution in [0.4, 0.5) is 4.79 Å². The number of amides is 1. The van der Waals surface area contributed by atoms with E-state index in [9.17, 15) is 9.59 Å². The number of carbonyl (C=O) groups is 2. The molecule has 0 spiro atoms. The fraction of sp³-hybridized carbons (Fsp3) is 0.360. The van der Waals surface area contributed by atoms with Crippen LogP contribution in [0.25, 0.3) is 11.1 Å². The summed E-state index contributed by atoms with van der Waals surface area (Å²) in [5, 5.41) is 2.66. The SMILES string of the molecule is C=C[C@@H](C)[C@@H](NC(=O)OCC1c2ccccc2-c2ccccc21)C(=O)OC(C)(C)C. The molecule has 1 aliphatic rings. The molecule has 0 saturated heterocycles. The van der Waals surface area contributed by atoms with Gasteiger partial charge in [0, 0.05) is 11.8 Å². The Balaban J connectivity index is 1.70. The van der Waals surface area contributed by atoms with E-state index in [2.05, 4.69) is 36.2 Å². The van der Waals surface area contributed by atoms with Crippen LogP contribution in [0, 0.1) is 5.92 Å². The van der Waals surface area contributed by atoms with E-state index in [0.29, 0.717) is 0 Å². The molecule has 0 heterocycles. The molecule has 2 aromatic carbocycles. The predicted octanol–water partition coefficient (Wildman–Crippen LogP) is 5.06. The number of hydrogen-bond acceptors (Lipinski definition) is 4. The number of rotatable bonds is 6. The number of hydrogen-bond donors (Lipinski definition) is 1. The Morgan fingerprint density at radius 1 is 1.07 bits per heavy atom. The van der Waals surface area contributed by atoms with Crippen molar-refractivity contribution in [2.75, 3.05) is 6.61 Å². The highest BCUT2D eigenvalue weighted by Crippen LogP contribution is 2.44. The molecule has 0 bridgehead atoms. The van der Waals surface area contributed by atoms with Crippen molar-refractivity contribution >= 4 is 12.1 Å². The molecule has 5 heteroatoms. The Morgan fingerprint density at radius 2 is 1.60 bits per heavy atom. The smallest absolute Gasteiger partial charge is 0.407 e. The normalized spacial score (nSPS) is 14.8. The summed E-state index contributed by atoms with van der Waals surface area (Å²) in [6.07, 6.45) is 0.958. The number of fused-ring (bicyclic) bond motifs is 3. The van der Waals surface area contributed by atoms with Crippen molar-refractivity contribution in [2.45, 2.75) is 45.3 Å². The lowest BCUT2D eigenvalue weighted by Gasteiger charge is -2.26. The van der Waals surface area contributed by atoms with E-state index < -0.39 is 23.7 Å². The van der Waals surface area contributed by atoms with Gasteiger partial charge >= 0.3 is 12.1 Å². The second-order valence-electron chi connectivity index (χ2n) is 8.58. The first-order chi connectivity index (χ1) is 14.2. The predicted molar refractivity (Wildman–Crippen MR) is 117 cm³/mol. The van der Waals surface area contributed by atoms with E-state index in [-0.39, 0.29) is 18.4 Å². The fourth-order valence-electron chi connectivity index (χ4n) is 3.67. The average molecular weight is 408 g/mol. The molecule has 0 unspecified atom stereocenters. The van der Waals surface area contributed by atoms with Crippen molar-refractivity contribution in [2.24, 2.45) is 5.92 Å². The van der Waals surface area contributed by atoms with Gasteiger partial charge in [0.1, 0.15) is 18.2 Å². The van der Waals surface area contributed by atoms with Crippen LogP contribution in [-0.4, -0.2) is 30.3 Å². The first-order valence-electron chi connectivity index (χ1n) is 10.2. The Hall–Kier alpha value is -3.08. The summed E-state index contributed by atoms with van der Waals surface area (Å²) in [6.45, 7) is 11.1. The third-order valence-corrected chi connectivity index (χ3v) is 5.18. The minimum atomic E-state index is -0.864. The largest absolute Gasteiger partial charge is 0.458 e. The number of carbonyl (C=O) groups excluding carboxylic acids is 2. The molecule has 0 radical (unpaired) electrons. The van der Waals surface area contributed by atoms with Crippen LogP contribution in [0.3, 0.4) is 0 Å². The summed E-state index contributed by atoms with van der Waals surface area (Å²) in [7, 11) is 0. The highest BCUT2D eigenvalue weighted by atomic mass is 16.6. The maximum atomic E-state index is 12.5. The van der Waals surface area contributed by atoms with Gasteiger partial charge in [-0.3, -0.25) is 0 Å². The fourth-order valence-corrected chi connectivity index (χ4v) is 3.67. The van der Waals surface area contributed by atoms with E-state index in [4.69, 9.17) is 9.47 Å². The highest BCUT2D eigenvalue weighted by molar-refractivity contribution is 5.82. The molecule has 2 atom stereocenters. The third-order valence-electron chi connectivity index (χ3n) is 5.18. The van der Waals surface area contributed by atoms with Crippen LogP contribution < -0.4 is 5.32 Å². The van der Waals surface area contributed by atoms with E-state index in [1.165, 1.54) is 0 Å². The quantitative estimate of drug-likeness (QED) is 0.537. The summed E-state index contributed by atoms with van der Waals surface area (Å²) in [5.74, 6) is -0.858. The van der Waals surface area contributed by atoms with Gasteiger partial charge < -0.3 is 14.8 Å². The van der Waals surface area contributed by atoms with Crippen LogP contribution in [0.2, 0.25) is 0 Å². The molecular weight excluding hydrogens is 378 g/mol. The van der Waals surface area contributed by atoms with Crippen LogP contribution in [-0.2, 0) is 14.3 Å². The lowest BCUT2D eigenvalue weighted by Crippen LogP contribution is -2.47. The minimum Gasteiger partial charge on any atom is -0.458 e. The number of benzene rings is 2. The molecule has 1 amide bonds. The number of nitrogens with one attached hydrogen (secondary N) is 1. The van der Waals surface area contributed by atoms with Gasteiger partial charge in [-0.2, -0.15) is 0 Å². The zero-order chi connectivity index (χ0) is 21.9. The topological polar surface area (TPSA) is 64.6 Å². The summed E-state index contributed by atoms with van der Waals surface area (Å²) in [5.41, 5.74) is 3.94. The second-order valence-corrected chi connectivity index (χ2v) is 8.58. The first-order valence-corrected chi connectivity index (χ1v) is 10.2. The number of esters is 1. The van der Waals surface area contributed by atoms with Crippen molar-refractivity contribution in [1.82, 2.24) is 5.32 Å². The first kappa shape index (κ1) is 21.6. The molecule has 158 valence electrons. The van der Waals surface area contributed by atoms with E-state index >= 15 is 0 Å². The third kappa shape index (κ3) is 4.73. The Labute approximate surface area is 178 Å². The lowest BCUT2D eigenvalue weighted by molar-refractivity contribution is -0.158. The maximum absolute atomic E-state index is 12.5. The van der Waals surface area contributed by atoms with Gasteiger partial charge in [-0.05, 0) is 43.0 Å². The molecule has 5 nitrogen and oxygen atoms in total.